The highest BCUT2D eigenvalue weighted by Crippen LogP contribution is 2.24. The van der Waals surface area contributed by atoms with Gasteiger partial charge in [-0.1, -0.05) is 43.7 Å². The molecule has 7 nitrogen and oxygen atoms in total. The molecule has 8 heteroatoms. The number of carbonyl (C=O) groups is 1. The Hall–Kier alpha value is -2.19. The van der Waals surface area contributed by atoms with Crippen LogP contribution in [0.15, 0.2) is 29.4 Å². The molecule has 0 atom stereocenters. The smallest absolute Gasteiger partial charge is 0.230 e. The molecule has 0 radical (unpaired) electrons. The third kappa shape index (κ3) is 5.10. The summed E-state index contributed by atoms with van der Waals surface area (Å²) in [5.41, 5.74) is 1.71. The molecule has 1 fully saturated rings. The summed E-state index contributed by atoms with van der Waals surface area (Å²) in [5, 5.41) is 9.43. The summed E-state index contributed by atoms with van der Waals surface area (Å²) in [4.78, 5) is 24.3. The van der Waals surface area contributed by atoms with Crippen LogP contribution >= 0.6 is 11.8 Å². The van der Waals surface area contributed by atoms with Gasteiger partial charge in [0.2, 0.25) is 5.91 Å². The first-order chi connectivity index (χ1) is 14.7. The van der Waals surface area contributed by atoms with Crippen LogP contribution in [-0.2, 0) is 11.2 Å². The lowest BCUT2D eigenvalue weighted by Crippen LogP contribution is -2.31. The molecule has 1 saturated heterocycles. The maximum Gasteiger partial charge on any atom is 0.230 e. The molecule has 1 amide bonds. The fourth-order valence-corrected chi connectivity index (χ4v) is 4.57. The molecule has 0 bridgehead atoms. The number of likely N-dealkylation sites (tertiary alicyclic amines) is 1. The van der Waals surface area contributed by atoms with Crippen molar-refractivity contribution in [3.05, 3.63) is 30.1 Å². The summed E-state index contributed by atoms with van der Waals surface area (Å²) in [6.45, 7) is 6.17. The highest BCUT2D eigenvalue weighted by atomic mass is 32.2. The number of nitrogens with one attached hydrogen (secondary N) is 1. The van der Waals surface area contributed by atoms with Crippen LogP contribution in [0.25, 0.3) is 16.6 Å². The van der Waals surface area contributed by atoms with E-state index < -0.39 is 0 Å². The van der Waals surface area contributed by atoms with Gasteiger partial charge in [-0.25, -0.2) is 9.97 Å². The van der Waals surface area contributed by atoms with E-state index in [2.05, 4.69) is 17.1 Å². The van der Waals surface area contributed by atoms with Crippen LogP contribution in [0.1, 0.15) is 44.9 Å². The average Bonchev–Trinajstić information content (AvgIpc) is 3.22. The number of rotatable bonds is 9. The number of amides is 1. The number of hydrogen-bond donors (Lipinski definition) is 1. The van der Waals surface area contributed by atoms with Crippen molar-refractivity contribution in [1.29, 1.82) is 0 Å². The van der Waals surface area contributed by atoms with Crippen LogP contribution < -0.4 is 5.32 Å². The second kappa shape index (κ2) is 10.2. The van der Waals surface area contributed by atoms with Crippen LogP contribution in [0.3, 0.4) is 0 Å². The molecule has 3 heterocycles. The van der Waals surface area contributed by atoms with Crippen molar-refractivity contribution >= 4 is 34.2 Å². The normalized spacial score (nSPS) is 15.1. The Kier molecular flexibility index (Phi) is 7.17. The number of nitrogens with zero attached hydrogens (tertiary/aromatic N) is 5. The third-order valence-corrected chi connectivity index (χ3v) is 6.41. The van der Waals surface area contributed by atoms with E-state index in [1.807, 2.05) is 28.8 Å². The molecule has 0 unspecified atom stereocenters. The van der Waals surface area contributed by atoms with Gasteiger partial charge < -0.3 is 10.2 Å². The summed E-state index contributed by atoms with van der Waals surface area (Å²) in [7, 11) is 0. The van der Waals surface area contributed by atoms with Crippen LogP contribution in [-0.4, -0.2) is 62.3 Å². The molecule has 3 aromatic rings. The lowest BCUT2D eigenvalue weighted by molar-refractivity contribution is -0.118. The summed E-state index contributed by atoms with van der Waals surface area (Å²) in [6, 6.07) is 8.00. The van der Waals surface area contributed by atoms with Gasteiger partial charge in [0, 0.05) is 24.9 Å². The Bertz CT molecular complexity index is 998. The second-order valence-electron chi connectivity index (χ2n) is 7.82. The van der Waals surface area contributed by atoms with Crippen LogP contribution in [0.2, 0.25) is 0 Å². The van der Waals surface area contributed by atoms with E-state index >= 15 is 0 Å². The quantitative estimate of drug-likeness (QED) is 0.321. The molecule has 1 N–H and O–H groups in total. The Balaban J connectivity index is 1.53. The minimum absolute atomic E-state index is 0.0296. The number of thioether (sulfide) groups is 1. The molecule has 0 aliphatic carbocycles. The van der Waals surface area contributed by atoms with E-state index in [0.29, 0.717) is 10.9 Å². The molecule has 160 valence electrons. The lowest BCUT2D eigenvalue weighted by atomic mass is 10.1. The first-order valence-corrected chi connectivity index (χ1v) is 12.0. The van der Waals surface area contributed by atoms with Crippen molar-refractivity contribution in [3.8, 4) is 0 Å². The van der Waals surface area contributed by atoms with Gasteiger partial charge in [0.05, 0.1) is 11.3 Å². The van der Waals surface area contributed by atoms with Crippen molar-refractivity contribution in [2.45, 2.75) is 50.6 Å². The molecule has 2 aromatic heterocycles. The fraction of sp³-hybridized carbons (Fsp3) is 0.545. The highest BCUT2D eigenvalue weighted by molar-refractivity contribution is 7.99. The number of piperidine rings is 1. The Morgan fingerprint density at radius 3 is 2.83 bits per heavy atom. The fourth-order valence-electron chi connectivity index (χ4n) is 3.80. The molecular weight excluding hydrogens is 396 g/mol. The third-order valence-electron chi connectivity index (χ3n) is 5.48. The maximum atomic E-state index is 12.2. The van der Waals surface area contributed by atoms with Crippen molar-refractivity contribution in [1.82, 2.24) is 29.8 Å². The first kappa shape index (κ1) is 21.1. The van der Waals surface area contributed by atoms with Gasteiger partial charge in [-0.05, 0) is 44.5 Å². The predicted octanol–water partition coefficient (Wildman–Crippen LogP) is 3.31. The Morgan fingerprint density at radius 1 is 1.17 bits per heavy atom. The summed E-state index contributed by atoms with van der Waals surface area (Å²) in [5.74, 6) is 1.20. The average molecular weight is 427 g/mol. The zero-order chi connectivity index (χ0) is 20.8. The van der Waals surface area contributed by atoms with E-state index in [-0.39, 0.29) is 5.91 Å². The van der Waals surface area contributed by atoms with E-state index in [0.717, 1.165) is 54.7 Å². The van der Waals surface area contributed by atoms with Crippen LogP contribution in [0.4, 0.5) is 0 Å². The van der Waals surface area contributed by atoms with Gasteiger partial charge in [0.15, 0.2) is 16.6 Å². The summed E-state index contributed by atoms with van der Waals surface area (Å²) >= 11 is 1.42. The van der Waals surface area contributed by atoms with Crippen molar-refractivity contribution in [2.75, 3.05) is 31.9 Å². The highest BCUT2D eigenvalue weighted by Gasteiger charge is 2.16. The summed E-state index contributed by atoms with van der Waals surface area (Å²) < 4.78 is 1.82. The standard InChI is InChI=1S/C22H30N6OS/c1-2-3-12-23-20(29)16-30-22-24-18-10-6-5-9-17(18)21-25-19(26-28(21)22)11-15-27-13-7-4-8-14-27/h5-6,9-10H,2-4,7-8,11-16H2,1H3,(H,23,29). The number of hydrogen-bond acceptors (Lipinski definition) is 6. The molecule has 0 spiro atoms. The number of benzene rings is 1. The topological polar surface area (TPSA) is 75.4 Å². The van der Waals surface area contributed by atoms with E-state index in [1.54, 1.807) is 0 Å². The van der Waals surface area contributed by atoms with Gasteiger partial charge in [0.25, 0.3) is 0 Å². The molecule has 1 aliphatic heterocycles. The van der Waals surface area contributed by atoms with Gasteiger partial charge in [-0.15, -0.1) is 5.10 Å². The number of fused-ring (bicyclic) bond motifs is 3. The number of aromatic nitrogens is 4. The second-order valence-corrected chi connectivity index (χ2v) is 8.76. The van der Waals surface area contributed by atoms with Gasteiger partial charge in [-0.3, -0.25) is 4.79 Å². The Morgan fingerprint density at radius 2 is 2.00 bits per heavy atom. The van der Waals surface area contributed by atoms with Gasteiger partial charge >= 0.3 is 0 Å². The molecule has 1 aliphatic rings. The van der Waals surface area contributed by atoms with Gasteiger partial charge in [-0.2, -0.15) is 4.52 Å². The number of unbranched alkanes of at least 4 members (excludes halogenated alkanes) is 1. The summed E-state index contributed by atoms with van der Waals surface area (Å²) in [6.07, 6.45) is 6.81. The van der Waals surface area contributed by atoms with Crippen molar-refractivity contribution in [2.24, 2.45) is 0 Å². The monoisotopic (exact) mass is 426 g/mol. The largest absolute Gasteiger partial charge is 0.355 e. The zero-order valence-corrected chi connectivity index (χ0v) is 18.5. The van der Waals surface area contributed by atoms with Gasteiger partial charge in [0.1, 0.15) is 0 Å². The zero-order valence-electron chi connectivity index (χ0n) is 17.6. The first-order valence-electron chi connectivity index (χ1n) is 11.0. The predicted molar refractivity (Wildman–Crippen MR) is 121 cm³/mol. The molecule has 1 aromatic carbocycles. The number of para-hydroxylation sites is 1. The van der Waals surface area contributed by atoms with Crippen LogP contribution in [0, 0.1) is 0 Å². The van der Waals surface area contributed by atoms with Crippen LogP contribution in [0.5, 0.6) is 0 Å². The SMILES string of the molecule is CCCCNC(=O)CSc1nc2ccccc2c2nc(CCN3CCCCC3)nn12. The van der Waals surface area contributed by atoms with E-state index in [1.165, 1.54) is 44.1 Å². The Labute approximate surface area is 181 Å². The minimum atomic E-state index is 0.0296. The van der Waals surface area contributed by atoms with Crippen molar-refractivity contribution < 1.29 is 4.79 Å². The van der Waals surface area contributed by atoms with E-state index in [4.69, 9.17) is 15.1 Å². The molecule has 4 rings (SSSR count). The molecule has 30 heavy (non-hydrogen) atoms. The minimum Gasteiger partial charge on any atom is -0.355 e. The van der Waals surface area contributed by atoms with E-state index in [9.17, 15) is 4.79 Å². The molecule has 0 saturated carbocycles. The van der Waals surface area contributed by atoms with Crippen molar-refractivity contribution in [3.63, 3.8) is 0 Å². The lowest BCUT2D eigenvalue weighted by Gasteiger charge is -2.25. The maximum absolute atomic E-state index is 12.2. The molecular formula is C22H30N6OS. The number of carbonyl (C=O) groups excluding carboxylic acids is 1.